The first kappa shape index (κ1) is 24.6. The summed E-state index contributed by atoms with van der Waals surface area (Å²) < 4.78 is 5.80. The quantitative estimate of drug-likeness (QED) is 0.210. The second-order valence-electron chi connectivity index (χ2n) is 9.25. The first-order chi connectivity index (χ1) is 17.8. The fourth-order valence-corrected chi connectivity index (χ4v) is 6.53. The number of likely N-dealkylation sites (N-methyl/N-ethyl adjacent to an activating group) is 1. The predicted octanol–water partition coefficient (Wildman–Crippen LogP) is 6.19. The van der Waals surface area contributed by atoms with Gasteiger partial charge in [0.1, 0.15) is 12.4 Å². The molecule has 1 aliphatic heterocycles. The predicted molar refractivity (Wildman–Crippen MR) is 152 cm³/mol. The van der Waals surface area contributed by atoms with Crippen molar-refractivity contribution in [1.82, 2.24) is 10.2 Å². The van der Waals surface area contributed by atoms with E-state index < -0.39 is 0 Å². The van der Waals surface area contributed by atoms with Gasteiger partial charge in [-0.1, -0.05) is 103 Å². The van der Waals surface area contributed by atoms with E-state index in [4.69, 9.17) is 4.74 Å². The third kappa shape index (κ3) is 5.22. The second-order valence-corrected chi connectivity index (χ2v) is 10.5. The van der Waals surface area contributed by atoms with Crippen LogP contribution in [-0.2, 0) is 12.0 Å². The van der Waals surface area contributed by atoms with Gasteiger partial charge in [-0.05, 0) is 47.9 Å². The van der Waals surface area contributed by atoms with Crippen molar-refractivity contribution in [2.45, 2.75) is 17.2 Å². The maximum absolute atomic E-state index is 5.80. The number of thioether (sulfide) groups is 1. The molecule has 4 heteroatoms. The molecule has 0 bridgehead atoms. The van der Waals surface area contributed by atoms with Crippen LogP contribution in [0.25, 0.3) is 0 Å². The summed E-state index contributed by atoms with van der Waals surface area (Å²) in [5, 5.41) is 3.64. The molecule has 0 amide bonds. The van der Waals surface area contributed by atoms with Gasteiger partial charge in [0.05, 0.1) is 5.54 Å². The van der Waals surface area contributed by atoms with Crippen molar-refractivity contribution in [3.05, 3.63) is 138 Å². The monoisotopic (exact) mass is 494 g/mol. The molecule has 0 aliphatic carbocycles. The van der Waals surface area contributed by atoms with Gasteiger partial charge in [0.15, 0.2) is 0 Å². The van der Waals surface area contributed by atoms with Crippen molar-refractivity contribution in [2.24, 2.45) is 0 Å². The van der Waals surface area contributed by atoms with Gasteiger partial charge in [-0.2, -0.15) is 0 Å². The summed E-state index contributed by atoms with van der Waals surface area (Å²) in [6.07, 6.45) is 1.05. The van der Waals surface area contributed by atoms with Gasteiger partial charge >= 0.3 is 0 Å². The Bertz CT molecular complexity index is 1100. The Hall–Kier alpha value is -3.05. The molecular formula is C32H34N2OS. The number of hydrogen-bond donors (Lipinski definition) is 1. The molecule has 0 saturated carbocycles. The fraction of sp³-hybridized carbons (Fsp3) is 0.250. The molecule has 1 heterocycles. The topological polar surface area (TPSA) is 24.5 Å². The highest BCUT2D eigenvalue weighted by molar-refractivity contribution is 8.00. The molecule has 3 nitrogen and oxygen atoms in total. The highest BCUT2D eigenvalue weighted by Gasteiger charge is 2.45. The maximum atomic E-state index is 5.80. The molecule has 1 atom stereocenters. The van der Waals surface area contributed by atoms with Crippen LogP contribution < -0.4 is 10.1 Å². The fourth-order valence-electron chi connectivity index (χ4n) is 5.25. The number of nitrogens with zero attached hydrogens (tertiary/aromatic N) is 1. The van der Waals surface area contributed by atoms with Crippen molar-refractivity contribution < 1.29 is 4.74 Å². The van der Waals surface area contributed by atoms with Gasteiger partial charge in [0, 0.05) is 24.2 Å². The molecule has 1 saturated heterocycles. The SMILES string of the molecule is CNCCOc1ccc(CC2CN(C(c3ccccc3)(c3ccccc3)c3ccccc3)CS2)cc1. The van der Waals surface area contributed by atoms with E-state index >= 15 is 0 Å². The number of nitrogens with one attached hydrogen (secondary N) is 1. The van der Waals surface area contributed by atoms with Crippen LogP contribution in [0, 0.1) is 0 Å². The van der Waals surface area contributed by atoms with Crippen LogP contribution in [0.2, 0.25) is 0 Å². The first-order valence-corrected chi connectivity index (χ1v) is 13.7. The summed E-state index contributed by atoms with van der Waals surface area (Å²) in [7, 11) is 1.94. The molecule has 1 N–H and O–H groups in total. The summed E-state index contributed by atoms with van der Waals surface area (Å²) in [6, 6.07) is 41.6. The van der Waals surface area contributed by atoms with Gasteiger partial charge in [-0.3, -0.25) is 4.90 Å². The van der Waals surface area contributed by atoms with Gasteiger partial charge in [-0.15, -0.1) is 11.8 Å². The molecule has 0 spiro atoms. The zero-order chi connectivity index (χ0) is 24.6. The average molecular weight is 495 g/mol. The maximum Gasteiger partial charge on any atom is 0.119 e. The highest BCUT2D eigenvalue weighted by Crippen LogP contribution is 2.46. The highest BCUT2D eigenvalue weighted by atomic mass is 32.2. The minimum atomic E-state index is -0.337. The Morgan fingerprint density at radius 3 is 1.81 bits per heavy atom. The third-order valence-electron chi connectivity index (χ3n) is 6.95. The van der Waals surface area contributed by atoms with Gasteiger partial charge < -0.3 is 10.1 Å². The van der Waals surface area contributed by atoms with E-state index in [2.05, 4.69) is 137 Å². The summed E-state index contributed by atoms with van der Waals surface area (Å²) >= 11 is 2.06. The van der Waals surface area contributed by atoms with Gasteiger partial charge in [-0.25, -0.2) is 0 Å². The lowest BCUT2D eigenvalue weighted by Crippen LogP contribution is -2.47. The lowest BCUT2D eigenvalue weighted by atomic mass is 9.75. The van der Waals surface area contributed by atoms with E-state index in [1.165, 1.54) is 22.3 Å². The summed E-state index contributed by atoms with van der Waals surface area (Å²) in [4.78, 5) is 2.68. The number of benzene rings is 4. The average Bonchev–Trinajstić information content (AvgIpc) is 3.41. The van der Waals surface area contributed by atoms with Gasteiger partial charge in [0.25, 0.3) is 0 Å². The van der Waals surface area contributed by atoms with Crippen molar-refractivity contribution in [3.8, 4) is 5.75 Å². The molecule has 1 fully saturated rings. The Balaban J connectivity index is 1.44. The van der Waals surface area contributed by atoms with Crippen LogP contribution >= 0.6 is 11.8 Å². The Morgan fingerprint density at radius 2 is 1.31 bits per heavy atom. The summed E-state index contributed by atoms with van der Waals surface area (Å²) in [5.41, 5.74) is 4.96. The molecule has 4 aromatic carbocycles. The summed E-state index contributed by atoms with van der Waals surface area (Å²) in [6.45, 7) is 2.55. The van der Waals surface area contributed by atoms with Crippen LogP contribution in [-0.4, -0.2) is 42.8 Å². The lowest BCUT2D eigenvalue weighted by Gasteiger charge is -2.43. The smallest absolute Gasteiger partial charge is 0.119 e. The molecule has 1 aliphatic rings. The second kappa shape index (κ2) is 11.8. The number of ether oxygens (including phenoxy) is 1. The van der Waals surface area contributed by atoms with E-state index in [1.54, 1.807) is 0 Å². The molecule has 36 heavy (non-hydrogen) atoms. The van der Waals surface area contributed by atoms with Crippen LogP contribution in [0.15, 0.2) is 115 Å². The van der Waals surface area contributed by atoms with E-state index in [1.807, 2.05) is 7.05 Å². The van der Waals surface area contributed by atoms with Crippen molar-refractivity contribution >= 4 is 11.8 Å². The van der Waals surface area contributed by atoms with E-state index in [0.717, 1.165) is 31.1 Å². The zero-order valence-corrected chi connectivity index (χ0v) is 21.7. The minimum Gasteiger partial charge on any atom is -0.492 e. The minimum absolute atomic E-state index is 0.337. The van der Waals surface area contributed by atoms with Crippen molar-refractivity contribution in [3.63, 3.8) is 0 Å². The first-order valence-electron chi connectivity index (χ1n) is 12.7. The molecular weight excluding hydrogens is 460 g/mol. The van der Waals surface area contributed by atoms with Crippen molar-refractivity contribution in [1.29, 1.82) is 0 Å². The molecule has 5 rings (SSSR count). The molecule has 4 aromatic rings. The van der Waals surface area contributed by atoms with Crippen LogP contribution in [0.1, 0.15) is 22.3 Å². The molecule has 0 aromatic heterocycles. The van der Waals surface area contributed by atoms with E-state index in [9.17, 15) is 0 Å². The lowest BCUT2D eigenvalue weighted by molar-refractivity contribution is 0.202. The Labute approximate surface area is 219 Å². The Kier molecular flexibility index (Phi) is 8.07. The third-order valence-corrected chi connectivity index (χ3v) is 8.19. The Morgan fingerprint density at radius 1 is 0.778 bits per heavy atom. The standard InChI is InChI=1S/C32H34N2OS/c1-33-21-22-35-30-19-17-26(18-20-30)23-31-24-34(25-36-31)32(27-11-5-2-6-12-27,28-13-7-3-8-14-28)29-15-9-4-10-16-29/h2-20,31,33H,21-25H2,1H3. The molecule has 184 valence electrons. The normalized spacial score (nSPS) is 16.2. The van der Waals surface area contributed by atoms with Gasteiger partial charge in [0.2, 0.25) is 0 Å². The van der Waals surface area contributed by atoms with Crippen LogP contribution in [0.3, 0.4) is 0 Å². The van der Waals surface area contributed by atoms with Crippen LogP contribution in [0.4, 0.5) is 0 Å². The number of hydrogen-bond acceptors (Lipinski definition) is 4. The summed E-state index contributed by atoms with van der Waals surface area (Å²) in [5.74, 6) is 1.92. The van der Waals surface area contributed by atoms with Crippen LogP contribution in [0.5, 0.6) is 5.75 Å². The molecule has 0 radical (unpaired) electrons. The molecule has 1 unspecified atom stereocenters. The zero-order valence-electron chi connectivity index (χ0n) is 20.8. The number of rotatable bonds is 10. The van der Waals surface area contributed by atoms with E-state index in [0.29, 0.717) is 11.9 Å². The van der Waals surface area contributed by atoms with Crippen molar-refractivity contribution in [2.75, 3.05) is 32.6 Å². The van der Waals surface area contributed by atoms with E-state index in [-0.39, 0.29) is 5.54 Å². The largest absolute Gasteiger partial charge is 0.492 e.